The van der Waals surface area contributed by atoms with E-state index in [4.69, 9.17) is 9.47 Å². The van der Waals surface area contributed by atoms with Gasteiger partial charge in [0.15, 0.2) is 0 Å². The van der Waals surface area contributed by atoms with E-state index in [9.17, 15) is 9.59 Å². The van der Waals surface area contributed by atoms with Crippen LogP contribution in [0.3, 0.4) is 0 Å². The molecule has 3 aromatic rings. The molecule has 4 rings (SSSR count). The van der Waals surface area contributed by atoms with Crippen LogP contribution < -0.4 is 20.3 Å². The molecule has 0 saturated carbocycles. The predicted molar refractivity (Wildman–Crippen MR) is 107 cm³/mol. The molecule has 1 atom stereocenters. The van der Waals surface area contributed by atoms with Crippen LogP contribution in [0.15, 0.2) is 71.5 Å². The van der Waals surface area contributed by atoms with Crippen LogP contribution in [0.25, 0.3) is 0 Å². The lowest BCUT2D eigenvalue weighted by Gasteiger charge is -2.26. The van der Waals surface area contributed by atoms with E-state index in [2.05, 4.69) is 10.4 Å². The number of hydrogen-bond donors (Lipinski definition) is 1. The van der Waals surface area contributed by atoms with E-state index in [1.807, 2.05) is 54.6 Å². The highest BCUT2D eigenvalue weighted by molar-refractivity contribution is 5.92. The molecule has 29 heavy (non-hydrogen) atoms. The molecule has 1 N–H and O–H groups in total. The summed E-state index contributed by atoms with van der Waals surface area (Å²) in [4.78, 5) is 24.8. The minimum Gasteiger partial charge on any atom is -0.493 e. The highest BCUT2D eigenvalue weighted by Crippen LogP contribution is 2.31. The number of benzene rings is 2. The SMILES string of the molecule is O=C(N[C@H]1CCOc2ccccc21)c1ccc(=O)n(CCOc2ccccc2)n1. The van der Waals surface area contributed by atoms with Gasteiger partial charge in [0, 0.05) is 18.1 Å². The molecule has 1 aliphatic heterocycles. The fourth-order valence-corrected chi connectivity index (χ4v) is 3.22. The van der Waals surface area contributed by atoms with Crippen molar-refractivity contribution >= 4 is 5.91 Å². The Kier molecular flexibility index (Phi) is 5.56. The molecule has 0 radical (unpaired) electrons. The van der Waals surface area contributed by atoms with Gasteiger partial charge >= 0.3 is 0 Å². The summed E-state index contributed by atoms with van der Waals surface area (Å²) in [5.41, 5.74) is 0.847. The minimum atomic E-state index is -0.329. The summed E-state index contributed by atoms with van der Waals surface area (Å²) in [5.74, 6) is 1.16. The number of nitrogens with zero attached hydrogens (tertiary/aromatic N) is 2. The van der Waals surface area contributed by atoms with Crippen molar-refractivity contribution in [1.82, 2.24) is 15.1 Å². The largest absolute Gasteiger partial charge is 0.493 e. The van der Waals surface area contributed by atoms with Crippen LogP contribution in [0.1, 0.15) is 28.5 Å². The Balaban J connectivity index is 1.43. The van der Waals surface area contributed by atoms with Crippen molar-refractivity contribution in [2.24, 2.45) is 0 Å². The van der Waals surface area contributed by atoms with Gasteiger partial charge < -0.3 is 14.8 Å². The van der Waals surface area contributed by atoms with Gasteiger partial charge in [-0.05, 0) is 24.3 Å². The van der Waals surface area contributed by atoms with Crippen molar-refractivity contribution in [3.8, 4) is 11.5 Å². The van der Waals surface area contributed by atoms with Crippen molar-refractivity contribution in [1.29, 1.82) is 0 Å². The van der Waals surface area contributed by atoms with E-state index in [1.54, 1.807) is 0 Å². The summed E-state index contributed by atoms with van der Waals surface area (Å²) in [6, 6.07) is 19.6. The van der Waals surface area contributed by atoms with E-state index in [0.717, 1.165) is 11.3 Å². The summed E-state index contributed by atoms with van der Waals surface area (Å²) in [5, 5.41) is 7.20. The molecule has 0 bridgehead atoms. The van der Waals surface area contributed by atoms with Crippen LogP contribution in [0.5, 0.6) is 11.5 Å². The fourth-order valence-electron chi connectivity index (χ4n) is 3.22. The van der Waals surface area contributed by atoms with Crippen molar-refractivity contribution in [2.75, 3.05) is 13.2 Å². The summed E-state index contributed by atoms with van der Waals surface area (Å²) in [6.07, 6.45) is 0.674. The molecule has 7 nitrogen and oxygen atoms in total. The zero-order valence-corrected chi connectivity index (χ0v) is 15.8. The van der Waals surface area contributed by atoms with E-state index in [1.165, 1.54) is 16.8 Å². The van der Waals surface area contributed by atoms with E-state index >= 15 is 0 Å². The van der Waals surface area contributed by atoms with Gasteiger partial charge in [-0.1, -0.05) is 36.4 Å². The first-order valence-corrected chi connectivity index (χ1v) is 9.49. The number of hydrogen-bond acceptors (Lipinski definition) is 5. The van der Waals surface area contributed by atoms with Crippen LogP contribution in [0.2, 0.25) is 0 Å². The number of para-hydroxylation sites is 2. The summed E-state index contributed by atoms with van der Waals surface area (Å²) in [6.45, 7) is 1.05. The number of aromatic nitrogens is 2. The second-order valence-electron chi connectivity index (χ2n) is 6.64. The lowest BCUT2D eigenvalue weighted by molar-refractivity contribution is 0.0916. The van der Waals surface area contributed by atoms with Crippen LogP contribution in [0.4, 0.5) is 0 Å². The first kappa shape index (κ1) is 18.7. The Morgan fingerprint density at radius 1 is 1.10 bits per heavy atom. The minimum absolute atomic E-state index is 0.156. The average molecular weight is 391 g/mol. The number of rotatable bonds is 6. The zero-order chi connectivity index (χ0) is 20.1. The Bertz CT molecular complexity index is 1050. The lowest BCUT2D eigenvalue weighted by Crippen LogP contribution is -2.34. The molecule has 2 heterocycles. The van der Waals surface area contributed by atoms with Crippen LogP contribution in [-0.2, 0) is 6.54 Å². The van der Waals surface area contributed by atoms with E-state index < -0.39 is 0 Å². The Morgan fingerprint density at radius 2 is 1.90 bits per heavy atom. The second kappa shape index (κ2) is 8.60. The van der Waals surface area contributed by atoms with Crippen molar-refractivity contribution in [2.45, 2.75) is 19.0 Å². The number of nitrogens with one attached hydrogen (secondary N) is 1. The topological polar surface area (TPSA) is 82.5 Å². The molecular formula is C22H21N3O4. The third kappa shape index (κ3) is 4.45. The van der Waals surface area contributed by atoms with Gasteiger partial charge in [0.2, 0.25) is 0 Å². The maximum Gasteiger partial charge on any atom is 0.272 e. The number of carbonyl (C=O) groups excluding carboxylic acids is 1. The molecular weight excluding hydrogens is 370 g/mol. The first-order valence-electron chi connectivity index (χ1n) is 9.49. The standard InChI is InChI=1S/C22H21N3O4/c26-21-11-10-19(24-25(21)13-15-28-16-6-2-1-3-7-16)22(27)23-18-12-14-29-20-9-5-4-8-17(18)20/h1-11,18H,12-15H2,(H,23,27)/t18-/m0/s1. The number of fused-ring (bicyclic) bond motifs is 1. The molecule has 0 unspecified atom stereocenters. The Morgan fingerprint density at radius 3 is 2.76 bits per heavy atom. The van der Waals surface area contributed by atoms with Crippen LogP contribution in [0, 0.1) is 0 Å². The lowest BCUT2D eigenvalue weighted by atomic mass is 10.0. The van der Waals surface area contributed by atoms with E-state index in [-0.39, 0.29) is 36.4 Å². The maximum atomic E-state index is 12.7. The zero-order valence-electron chi connectivity index (χ0n) is 15.8. The monoisotopic (exact) mass is 391 g/mol. The number of amides is 1. The first-order chi connectivity index (χ1) is 14.2. The predicted octanol–water partition coefficient (Wildman–Crippen LogP) is 2.58. The molecule has 1 aromatic heterocycles. The van der Waals surface area contributed by atoms with Crippen LogP contribution in [-0.4, -0.2) is 28.9 Å². The number of carbonyl (C=O) groups is 1. The van der Waals surface area contributed by atoms with Gasteiger partial charge in [-0.15, -0.1) is 0 Å². The van der Waals surface area contributed by atoms with Crippen molar-refractivity contribution in [3.05, 3.63) is 88.3 Å². The molecule has 0 saturated heterocycles. The highest BCUT2D eigenvalue weighted by atomic mass is 16.5. The highest BCUT2D eigenvalue weighted by Gasteiger charge is 2.23. The number of ether oxygens (including phenoxy) is 2. The summed E-state index contributed by atoms with van der Waals surface area (Å²) < 4.78 is 12.5. The normalized spacial score (nSPS) is 15.1. The van der Waals surface area contributed by atoms with Gasteiger partial charge in [0.1, 0.15) is 23.8 Å². The van der Waals surface area contributed by atoms with Crippen molar-refractivity contribution < 1.29 is 14.3 Å². The Labute approximate surface area is 167 Å². The molecule has 2 aromatic carbocycles. The van der Waals surface area contributed by atoms with Gasteiger partial charge in [-0.2, -0.15) is 5.10 Å². The third-order valence-electron chi connectivity index (χ3n) is 4.68. The third-order valence-corrected chi connectivity index (χ3v) is 4.68. The summed E-state index contributed by atoms with van der Waals surface area (Å²) in [7, 11) is 0. The quantitative estimate of drug-likeness (QED) is 0.698. The molecule has 0 aliphatic carbocycles. The van der Waals surface area contributed by atoms with Crippen LogP contribution >= 0.6 is 0 Å². The van der Waals surface area contributed by atoms with Crippen molar-refractivity contribution in [3.63, 3.8) is 0 Å². The molecule has 7 heteroatoms. The molecule has 1 aliphatic rings. The van der Waals surface area contributed by atoms with Gasteiger partial charge in [-0.3, -0.25) is 9.59 Å². The van der Waals surface area contributed by atoms with E-state index in [0.29, 0.717) is 18.8 Å². The molecule has 0 fully saturated rings. The van der Waals surface area contributed by atoms with Gasteiger partial charge in [-0.25, -0.2) is 4.68 Å². The van der Waals surface area contributed by atoms with Gasteiger partial charge in [0.05, 0.1) is 19.2 Å². The Hall–Kier alpha value is -3.61. The van der Waals surface area contributed by atoms with Gasteiger partial charge in [0.25, 0.3) is 11.5 Å². The fraction of sp³-hybridized carbons (Fsp3) is 0.227. The average Bonchev–Trinajstić information content (AvgIpc) is 2.76. The molecule has 148 valence electrons. The smallest absolute Gasteiger partial charge is 0.272 e. The maximum absolute atomic E-state index is 12.7. The molecule has 0 spiro atoms. The molecule has 1 amide bonds. The second-order valence-corrected chi connectivity index (χ2v) is 6.64. The summed E-state index contributed by atoms with van der Waals surface area (Å²) >= 11 is 0.